The highest BCUT2D eigenvalue weighted by Gasteiger charge is 2.52. The summed E-state index contributed by atoms with van der Waals surface area (Å²) in [6, 6.07) is 30.8. The molecule has 0 aliphatic heterocycles. The molecule has 8 rings (SSSR count). The van der Waals surface area contributed by atoms with Crippen molar-refractivity contribution in [2.24, 2.45) is 5.41 Å². The number of hydrogen-bond acceptors (Lipinski definition) is 0. The molecule has 0 amide bonds. The van der Waals surface area contributed by atoms with Gasteiger partial charge in [-0.2, -0.15) is 0 Å². The first-order valence-corrected chi connectivity index (χ1v) is 23.0. The van der Waals surface area contributed by atoms with E-state index in [9.17, 15) is 0 Å². The molecule has 0 N–H and O–H groups in total. The second-order valence-electron chi connectivity index (χ2n) is 17.9. The summed E-state index contributed by atoms with van der Waals surface area (Å²) >= 11 is 0. The van der Waals surface area contributed by atoms with Crippen LogP contribution in [0.4, 0.5) is 0 Å². The SMILES string of the molecule is [B]CC1=C(/C([B])=C(/[B])C#C)C(/C(=C(/[B])C#C)c2cccc(-c3ccc4c5ccccc5c5ccccc5c4c3)c2)=C(C[B])C12C/C(=C([B])\C([B])=C(\[B])C#C)C(/C([B])=C(\C([B])=C)c1c([B])c([B])c([B])c([B])c1[B])=C2[B]. The van der Waals surface area contributed by atoms with Crippen LogP contribution in [0.25, 0.3) is 54.6 Å². The highest BCUT2D eigenvalue weighted by atomic mass is 14.5. The third kappa shape index (κ3) is 8.45. The number of hydrogen-bond donors (Lipinski definition) is 0. The fourth-order valence-corrected chi connectivity index (χ4v) is 10.7. The Bertz CT molecular complexity index is 3860. The van der Waals surface area contributed by atoms with Gasteiger partial charge in [-0.05, 0) is 112 Å². The van der Waals surface area contributed by atoms with Crippen molar-refractivity contribution in [3.05, 3.63) is 191 Å². The maximum absolute atomic E-state index is 7.61. The predicted molar refractivity (Wildman–Crippen MR) is 329 cm³/mol. The van der Waals surface area contributed by atoms with Gasteiger partial charge in [-0.25, -0.2) is 0 Å². The molecule has 0 saturated carbocycles. The van der Waals surface area contributed by atoms with Crippen LogP contribution in [-0.2, 0) is 0 Å². The maximum Gasteiger partial charge on any atom is 0.127 e. The Morgan fingerprint density at radius 1 is 0.514 bits per heavy atom. The van der Waals surface area contributed by atoms with Crippen LogP contribution in [0, 0.1) is 42.4 Å². The van der Waals surface area contributed by atoms with E-state index in [1.54, 1.807) is 0 Å². The summed E-state index contributed by atoms with van der Waals surface area (Å²) in [4.78, 5) is 0. The maximum atomic E-state index is 7.61. The second kappa shape index (κ2) is 21.0. The van der Waals surface area contributed by atoms with Gasteiger partial charge in [-0.1, -0.05) is 170 Å². The molecule has 6 aromatic carbocycles. The van der Waals surface area contributed by atoms with Crippen LogP contribution in [0.2, 0.25) is 12.6 Å². The molecule has 0 saturated heterocycles. The van der Waals surface area contributed by atoms with Gasteiger partial charge in [0.15, 0.2) is 0 Å². The fourth-order valence-electron chi connectivity index (χ4n) is 10.7. The zero-order valence-electron chi connectivity index (χ0n) is 40.5. The lowest BCUT2D eigenvalue weighted by atomic mass is 9.57. The van der Waals surface area contributed by atoms with Gasteiger partial charge >= 0.3 is 0 Å². The van der Waals surface area contributed by atoms with E-state index in [1.165, 1.54) is 0 Å². The summed E-state index contributed by atoms with van der Waals surface area (Å²) < 4.78 is 0. The Balaban J connectivity index is 1.49. The smallest absolute Gasteiger partial charge is 0.116 e. The average Bonchev–Trinajstić information content (AvgIpc) is 3.88. The Hall–Kier alpha value is -6.52. The molecule has 1 spiro atoms. The lowest BCUT2D eigenvalue weighted by molar-refractivity contribution is 0.564. The zero-order valence-corrected chi connectivity index (χ0v) is 40.5. The molecular weight excluding hydrogens is 870 g/mol. The molecule has 1 atom stereocenters. The highest BCUT2D eigenvalue weighted by molar-refractivity contribution is 6.68. The van der Waals surface area contributed by atoms with E-state index in [-0.39, 0.29) is 123 Å². The van der Waals surface area contributed by atoms with E-state index in [1.807, 2.05) is 48.5 Å². The first-order chi connectivity index (χ1) is 35.3. The molecule has 74 heavy (non-hydrogen) atoms. The number of allylic oxidation sites excluding steroid dienone is 17. The van der Waals surface area contributed by atoms with Crippen molar-refractivity contribution >= 4 is 196 Å². The Kier molecular flexibility index (Phi) is 15.3. The molecule has 0 aromatic heterocycles. The quantitative estimate of drug-likeness (QED) is 0.0861. The van der Waals surface area contributed by atoms with E-state index >= 15 is 0 Å². The number of fused-ring (bicyclic) bond motifs is 6. The lowest BCUT2D eigenvalue weighted by Gasteiger charge is -2.35. The van der Waals surface area contributed by atoms with Crippen LogP contribution < -0.4 is 27.3 Å². The highest BCUT2D eigenvalue weighted by Crippen LogP contribution is 2.65. The molecule has 32 radical (unpaired) electrons. The Morgan fingerprint density at radius 2 is 1.00 bits per heavy atom. The van der Waals surface area contributed by atoms with E-state index in [4.69, 9.17) is 145 Å². The van der Waals surface area contributed by atoms with Gasteiger partial charge in [0.1, 0.15) is 110 Å². The summed E-state index contributed by atoms with van der Waals surface area (Å²) in [5.74, 6) is 7.45. The largest absolute Gasteiger partial charge is 0.127 e. The Labute approximate surface area is 457 Å². The lowest BCUT2D eigenvalue weighted by Crippen LogP contribution is -2.56. The minimum atomic E-state index is -1.57. The third-order valence-electron chi connectivity index (χ3n) is 14.3. The van der Waals surface area contributed by atoms with E-state index in [0.29, 0.717) is 27.9 Å². The van der Waals surface area contributed by atoms with E-state index < -0.39 is 5.41 Å². The van der Waals surface area contributed by atoms with Gasteiger partial charge in [0.05, 0.1) is 15.7 Å². The standard InChI is InChI=1S/C58H26B16/c1-5-39(62)43(29-14-12-13-27(21-29)28-19-20-34-32-17-9-8-15-30(32)31-16-10-11-18-33(31)35(34)22-28)45-37(24-59)58(38(25-60)46(45)49(66)40(63)6-2)23-36(48(65)50(67)41(64)7-3)44(57(58)74)51(68)42(26(4)61)47-52(69)54(71)56(73)55(72)53(47)70/h1-3,8-22H,4,23-25H2/b43-39+,48-36-,49-40-,50-41-,51-42-. The summed E-state index contributed by atoms with van der Waals surface area (Å²) in [5.41, 5.74) is 1.30. The van der Waals surface area contributed by atoms with Crippen LogP contribution >= 0.6 is 0 Å². The molecular formula is C58H26B16. The second-order valence-corrected chi connectivity index (χ2v) is 17.9. The number of terminal acetylenes is 3. The average molecular weight is 896 g/mol. The molecule has 0 nitrogen and oxygen atoms in total. The van der Waals surface area contributed by atoms with Crippen molar-refractivity contribution < 1.29 is 0 Å². The van der Waals surface area contributed by atoms with Gasteiger partial charge in [0.25, 0.3) is 0 Å². The van der Waals surface area contributed by atoms with Gasteiger partial charge < -0.3 is 0 Å². The first-order valence-electron chi connectivity index (χ1n) is 23.0. The van der Waals surface area contributed by atoms with E-state index in [2.05, 4.69) is 66.8 Å². The zero-order chi connectivity index (χ0) is 53.8. The summed E-state index contributed by atoms with van der Waals surface area (Å²) in [5, 5.41) is 6.69. The van der Waals surface area contributed by atoms with Crippen molar-refractivity contribution in [1.29, 1.82) is 0 Å². The van der Waals surface area contributed by atoms with Crippen molar-refractivity contribution in [1.82, 2.24) is 0 Å². The third-order valence-corrected chi connectivity index (χ3v) is 14.3. The van der Waals surface area contributed by atoms with Gasteiger partial charge in [-0.15, -0.1) is 47.7 Å². The summed E-state index contributed by atoms with van der Waals surface area (Å²) in [6.07, 6.45) is 17.4. The minimum Gasteiger partial charge on any atom is -0.116 e. The van der Waals surface area contributed by atoms with Crippen molar-refractivity contribution in [2.45, 2.75) is 19.1 Å². The van der Waals surface area contributed by atoms with Gasteiger partial charge in [0, 0.05) is 5.41 Å². The van der Waals surface area contributed by atoms with Crippen molar-refractivity contribution in [3.8, 4) is 48.2 Å². The van der Waals surface area contributed by atoms with Crippen LogP contribution in [0.15, 0.2) is 180 Å². The van der Waals surface area contributed by atoms with Crippen LogP contribution in [0.3, 0.4) is 0 Å². The normalized spacial score (nSPS) is 17.7. The molecule has 0 heterocycles. The predicted octanol–water partition coefficient (Wildman–Crippen LogP) is 2.94. The van der Waals surface area contributed by atoms with Crippen LogP contribution in [0.5, 0.6) is 0 Å². The molecule has 1 unspecified atom stereocenters. The summed E-state index contributed by atoms with van der Waals surface area (Å²) in [6.45, 7) is 4.01. The van der Waals surface area contributed by atoms with E-state index in [0.717, 1.165) is 43.4 Å². The fraction of sp³-hybridized carbons (Fsp3) is 0.0690. The summed E-state index contributed by atoms with van der Waals surface area (Å²) in [7, 11) is 108. The topological polar surface area (TPSA) is 0 Å². The monoisotopic (exact) mass is 898 g/mol. The molecule has 2 aliphatic rings. The molecule has 306 valence electrons. The number of rotatable bonds is 10. The van der Waals surface area contributed by atoms with Crippen molar-refractivity contribution in [3.63, 3.8) is 0 Å². The molecule has 0 fully saturated rings. The van der Waals surface area contributed by atoms with Crippen LogP contribution in [0.1, 0.15) is 17.5 Å². The molecule has 16 heteroatoms. The molecule has 6 aromatic rings. The molecule has 2 aliphatic carbocycles. The number of benzene rings is 6. The first kappa shape index (κ1) is 53.8. The van der Waals surface area contributed by atoms with Crippen molar-refractivity contribution in [2.75, 3.05) is 0 Å². The van der Waals surface area contributed by atoms with Gasteiger partial charge in [0.2, 0.25) is 0 Å². The molecule has 0 bridgehead atoms. The van der Waals surface area contributed by atoms with Gasteiger partial charge in [-0.3, -0.25) is 0 Å². The minimum absolute atomic E-state index is 0.00676. The Morgan fingerprint density at radius 3 is 1.51 bits per heavy atom. The van der Waals surface area contributed by atoms with Crippen LogP contribution in [-0.4, -0.2) is 126 Å².